The van der Waals surface area contributed by atoms with Gasteiger partial charge in [-0.3, -0.25) is 9.78 Å². The summed E-state index contributed by atoms with van der Waals surface area (Å²) in [5.41, 5.74) is 1.57. The summed E-state index contributed by atoms with van der Waals surface area (Å²) in [5.74, 6) is 0.604. The molecule has 1 amide bonds. The fourth-order valence-electron chi connectivity index (χ4n) is 2.48. The Hall–Kier alpha value is -2.40. The van der Waals surface area contributed by atoms with Crippen LogP contribution in [0.25, 0.3) is 0 Å². The Morgan fingerprint density at radius 1 is 1.30 bits per heavy atom. The molecule has 1 heterocycles. The van der Waals surface area contributed by atoms with E-state index in [2.05, 4.69) is 4.98 Å². The van der Waals surface area contributed by atoms with Gasteiger partial charge in [-0.2, -0.15) is 0 Å². The minimum absolute atomic E-state index is 0.0144. The molecule has 1 aromatic heterocycles. The third kappa shape index (κ3) is 4.07. The summed E-state index contributed by atoms with van der Waals surface area (Å²) in [6.07, 6.45) is 5.51. The van der Waals surface area contributed by atoms with Crippen molar-refractivity contribution in [3.05, 3.63) is 59.9 Å². The molecule has 3 rings (SSSR count). The molecule has 0 aliphatic heterocycles. The number of aliphatic hydroxyl groups excluding tert-OH is 1. The highest BCUT2D eigenvalue weighted by molar-refractivity contribution is 5.95. The normalized spacial score (nSPS) is 13.6. The summed E-state index contributed by atoms with van der Waals surface area (Å²) in [6.45, 7) is 0.776. The van der Waals surface area contributed by atoms with E-state index in [9.17, 15) is 4.79 Å². The monoisotopic (exact) mass is 312 g/mol. The quantitative estimate of drug-likeness (QED) is 0.852. The van der Waals surface area contributed by atoms with Gasteiger partial charge in [0.15, 0.2) is 0 Å². The van der Waals surface area contributed by atoms with Crippen molar-refractivity contribution in [3.63, 3.8) is 0 Å². The third-order valence-corrected chi connectivity index (χ3v) is 3.80. The number of aromatic nitrogens is 1. The Labute approximate surface area is 135 Å². The molecule has 5 heteroatoms. The number of pyridine rings is 1. The van der Waals surface area contributed by atoms with Gasteiger partial charge in [0.1, 0.15) is 12.4 Å². The number of rotatable bonds is 7. The van der Waals surface area contributed by atoms with Crippen LogP contribution in [-0.4, -0.2) is 40.1 Å². The van der Waals surface area contributed by atoms with Crippen molar-refractivity contribution in [1.82, 2.24) is 9.88 Å². The largest absolute Gasteiger partial charge is 0.489 e. The van der Waals surface area contributed by atoms with Crippen LogP contribution in [0.1, 0.15) is 28.8 Å². The molecule has 1 N–H and O–H groups in total. The van der Waals surface area contributed by atoms with E-state index in [4.69, 9.17) is 9.84 Å². The van der Waals surface area contributed by atoms with E-state index in [1.165, 1.54) is 0 Å². The molecule has 0 saturated heterocycles. The highest BCUT2D eigenvalue weighted by atomic mass is 16.5. The fourth-order valence-corrected chi connectivity index (χ4v) is 2.48. The van der Waals surface area contributed by atoms with Crippen molar-refractivity contribution < 1.29 is 14.6 Å². The summed E-state index contributed by atoms with van der Waals surface area (Å²) >= 11 is 0. The summed E-state index contributed by atoms with van der Waals surface area (Å²) in [6, 6.07) is 11.3. The third-order valence-electron chi connectivity index (χ3n) is 3.80. The predicted molar refractivity (Wildman–Crippen MR) is 86.2 cm³/mol. The maximum Gasteiger partial charge on any atom is 0.254 e. The SMILES string of the molecule is O=C(c1cccc(OCc2cccnc2)c1)N(CCO)C1CC1. The number of hydrogen-bond acceptors (Lipinski definition) is 4. The Bertz CT molecular complexity index is 656. The van der Waals surface area contributed by atoms with Crippen molar-refractivity contribution in [3.8, 4) is 5.75 Å². The van der Waals surface area contributed by atoms with Crippen LogP contribution in [-0.2, 0) is 6.61 Å². The van der Waals surface area contributed by atoms with Gasteiger partial charge in [-0.15, -0.1) is 0 Å². The van der Waals surface area contributed by atoms with Crippen molar-refractivity contribution >= 4 is 5.91 Å². The molecule has 0 atom stereocenters. The van der Waals surface area contributed by atoms with Crippen molar-refractivity contribution in [2.75, 3.05) is 13.2 Å². The number of ether oxygens (including phenoxy) is 1. The fraction of sp³-hybridized carbons (Fsp3) is 0.333. The van der Waals surface area contributed by atoms with Gasteiger partial charge < -0.3 is 14.7 Å². The van der Waals surface area contributed by atoms with E-state index < -0.39 is 0 Å². The Balaban J connectivity index is 1.67. The molecular formula is C18H20N2O3. The van der Waals surface area contributed by atoms with Gasteiger partial charge >= 0.3 is 0 Å². The number of hydrogen-bond donors (Lipinski definition) is 1. The maximum absolute atomic E-state index is 12.6. The second-order valence-electron chi connectivity index (χ2n) is 5.63. The molecule has 1 aliphatic rings. The van der Waals surface area contributed by atoms with E-state index in [0.717, 1.165) is 18.4 Å². The molecule has 1 aromatic carbocycles. The standard InChI is InChI=1S/C18H20N2O3/c21-10-9-20(16-6-7-16)18(22)15-4-1-5-17(11-15)23-13-14-3-2-8-19-12-14/h1-5,8,11-12,16,21H,6-7,9-10,13H2. The van der Waals surface area contributed by atoms with Crippen molar-refractivity contribution in [1.29, 1.82) is 0 Å². The Morgan fingerprint density at radius 2 is 2.17 bits per heavy atom. The minimum atomic E-state index is -0.0478. The van der Waals surface area contributed by atoms with Gasteiger partial charge in [-0.1, -0.05) is 12.1 Å². The Morgan fingerprint density at radius 3 is 2.87 bits per heavy atom. The molecule has 1 fully saturated rings. The van der Waals surface area contributed by atoms with E-state index in [0.29, 0.717) is 24.5 Å². The van der Waals surface area contributed by atoms with Crippen LogP contribution < -0.4 is 4.74 Å². The summed E-state index contributed by atoms with van der Waals surface area (Å²) in [7, 11) is 0. The average molecular weight is 312 g/mol. The van der Waals surface area contributed by atoms with Gasteiger partial charge in [0.05, 0.1) is 6.61 Å². The number of nitrogens with zero attached hydrogens (tertiary/aromatic N) is 2. The molecule has 5 nitrogen and oxygen atoms in total. The van der Waals surface area contributed by atoms with Gasteiger partial charge in [0.25, 0.3) is 5.91 Å². The lowest BCUT2D eigenvalue weighted by atomic mass is 10.2. The first-order valence-corrected chi connectivity index (χ1v) is 7.81. The lowest BCUT2D eigenvalue weighted by Gasteiger charge is -2.21. The molecule has 1 aliphatic carbocycles. The van der Waals surface area contributed by atoms with E-state index in [-0.39, 0.29) is 18.6 Å². The van der Waals surface area contributed by atoms with Gasteiger partial charge in [0.2, 0.25) is 0 Å². The molecule has 120 valence electrons. The molecule has 0 spiro atoms. The van der Waals surface area contributed by atoms with Gasteiger partial charge in [0, 0.05) is 36.1 Å². The minimum Gasteiger partial charge on any atom is -0.489 e. The lowest BCUT2D eigenvalue weighted by Crippen LogP contribution is -2.35. The number of carbonyl (C=O) groups is 1. The van der Waals surface area contributed by atoms with Crippen molar-refractivity contribution in [2.45, 2.75) is 25.5 Å². The molecule has 1 saturated carbocycles. The first kappa shape index (κ1) is 15.5. The zero-order valence-electron chi connectivity index (χ0n) is 12.9. The van der Waals surface area contributed by atoms with Crippen LogP contribution in [0.3, 0.4) is 0 Å². The summed E-state index contributed by atoms with van der Waals surface area (Å²) in [5, 5.41) is 9.15. The molecular weight excluding hydrogens is 292 g/mol. The van der Waals surface area contributed by atoms with Crippen LogP contribution >= 0.6 is 0 Å². The number of benzene rings is 1. The van der Waals surface area contributed by atoms with Crippen LogP contribution in [0.5, 0.6) is 5.75 Å². The number of amides is 1. The zero-order chi connectivity index (χ0) is 16.1. The number of aliphatic hydroxyl groups is 1. The van der Waals surface area contributed by atoms with E-state index in [1.807, 2.05) is 24.3 Å². The zero-order valence-corrected chi connectivity index (χ0v) is 12.9. The topological polar surface area (TPSA) is 62.7 Å². The van der Waals surface area contributed by atoms with Crippen LogP contribution in [0.15, 0.2) is 48.8 Å². The number of carbonyl (C=O) groups excluding carboxylic acids is 1. The first-order chi connectivity index (χ1) is 11.3. The Kier molecular flexibility index (Phi) is 4.88. The second kappa shape index (κ2) is 7.24. The van der Waals surface area contributed by atoms with Gasteiger partial charge in [-0.25, -0.2) is 0 Å². The van der Waals surface area contributed by atoms with Crippen molar-refractivity contribution in [2.24, 2.45) is 0 Å². The maximum atomic E-state index is 12.6. The average Bonchev–Trinajstić information content (AvgIpc) is 3.43. The smallest absolute Gasteiger partial charge is 0.254 e. The molecule has 2 aromatic rings. The molecule has 23 heavy (non-hydrogen) atoms. The summed E-state index contributed by atoms with van der Waals surface area (Å²) < 4.78 is 5.74. The predicted octanol–water partition coefficient (Wildman–Crippen LogP) is 2.26. The lowest BCUT2D eigenvalue weighted by molar-refractivity contribution is 0.0707. The van der Waals surface area contributed by atoms with E-state index in [1.54, 1.807) is 29.4 Å². The van der Waals surface area contributed by atoms with E-state index >= 15 is 0 Å². The molecule has 0 bridgehead atoms. The van der Waals surface area contributed by atoms with Gasteiger partial charge in [-0.05, 0) is 37.1 Å². The molecule has 0 radical (unpaired) electrons. The summed E-state index contributed by atoms with van der Waals surface area (Å²) in [4.78, 5) is 18.4. The van der Waals surface area contributed by atoms with Crippen LogP contribution in [0.4, 0.5) is 0 Å². The second-order valence-corrected chi connectivity index (χ2v) is 5.63. The first-order valence-electron chi connectivity index (χ1n) is 7.81. The van der Waals surface area contributed by atoms with Crippen LogP contribution in [0.2, 0.25) is 0 Å². The highest BCUT2D eigenvalue weighted by Crippen LogP contribution is 2.28. The van der Waals surface area contributed by atoms with Crippen LogP contribution in [0, 0.1) is 0 Å². The molecule has 0 unspecified atom stereocenters. The highest BCUT2D eigenvalue weighted by Gasteiger charge is 2.32.